The Kier molecular flexibility index (Phi) is 10.1. The molecule has 115 valence electrons. The molecule has 1 radical (unpaired) electrons. The number of nitrogens with one attached hydrogen (secondary N) is 1. The van der Waals surface area contributed by atoms with Crippen molar-refractivity contribution in [3.05, 3.63) is 42.4 Å². The molecular weight excluding hydrogens is 339 g/mol. The molecular formula is C17H26NO2Y-. The average molecular weight is 365 g/mol. The Balaban J connectivity index is 0.00000400. The maximum atomic E-state index is 11.6. The summed E-state index contributed by atoms with van der Waals surface area (Å²) in [6, 6.07) is 10.4. The zero-order chi connectivity index (χ0) is 15.0. The maximum Gasteiger partial charge on any atom is 0.377 e. The average Bonchev–Trinajstić information content (AvgIpc) is 2.38. The molecule has 0 saturated carbocycles. The van der Waals surface area contributed by atoms with Crippen LogP contribution < -0.4 is 5.32 Å². The van der Waals surface area contributed by atoms with E-state index in [4.69, 9.17) is 4.74 Å². The van der Waals surface area contributed by atoms with Gasteiger partial charge in [0.15, 0.2) is 0 Å². The molecule has 0 aliphatic heterocycles. The fourth-order valence-electron chi connectivity index (χ4n) is 2.09. The summed E-state index contributed by atoms with van der Waals surface area (Å²) in [4.78, 5) is 11.6. The summed E-state index contributed by atoms with van der Waals surface area (Å²) in [6.07, 6.45) is 2.45. The number of alkyl carbamates (subject to hydrolysis) is 1. The Morgan fingerprint density at radius 3 is 2.43 bits per heavy atom. The number of hydrogen-bond donors (Lipinski definition) is 1. The Hall–Kier alpha value is -0.406. The van der Waals surface area contributed by atoms with Crippen LogP contribution in [0, 0.1) is 12.0 Å². The number of carbonyl (C=O) groups excluding carboxylic acids is 1. The van der Waals surface area contributed by atoms with E-state index >= 15 is 0 Å². The van der Waals surface area contributed by atoms with Crippen LogP contribution >= 0.6 is 0 Å². The number of ether oxygens (including phenoxy) is 1. The molecule has 0 saturated heterocycles. The van der Waals surface area contributed by atoms with Gasteiger partial charge in [-0.25, -0.2) is 11.3 Å². The molecule has 1 aromatic carbocycles. The number of amides is 1. The number of carbonyl (C=O) groups is 1. The van der Waals surface area contributed by atoms with Crippen LogP contribution in [0.4, 0.5) is 4.79 Å². The van der Waals surface area contributed by atoms with Crippen molar-refractivity contribution < 1.29 is 42.2 Å². The minimum Gasteiger partial charge on any atom is -0.471 e. The van der Waals surface area contributed by atoms with E-state index in [1.807, 2.05) is 6.07 Å². The van der Waals surface area contributed by atoms with Crippen molar-refractivity contribution in [1.82, 2.24) is 5.32 Å². The predicted octanol–water partition coefficient (Wildman–Crippen LogP) is 4.33. The van der Waals surface area contributed by atoms with Gasteiger partial charge in [0.05, 0.1) is 0 Å². The SMILES string of the molecule is C[CH-]NC(=O)O[C@H](CCCc1ccccc1)C(C)(C)C.[Y]. The van der Waals surface area contributed by atoms with E-state index in [2.05, 4.69) is 50.4 Å². The van der Waals surface area contributed by atoms with Crippen molar-refractivity contribution in [3.8, 4) is 0 Å². The van der Waals surface area contributed by atoms with E-state index in [1.165, 1.54) is 5.56 Å². The van der Waals surface area contributed by atoms with Crippen LogP contribution in [-0.2, 0) is 43.9 Å². The Bertz CT molecular complexity index is 401. The van der Waals surface area contributed by atoms with Crippen LogP contribution in [0.3, 0.4) is 0 Å². The van der Waals surface area contributed by atoms with E-state index in [1.54, 1.807) is 13.5 Å². The molecule has 1 atom stereocenters. The van der Waals surface area contributed by atoms with Gasteiger partial charge in [-0.1, -0.05) is 51.1 Å². The molecule has 21 heavy (non-hydrogen) atoms. The second-order valence-corrected chi connectivity index (χ2v) is 6.07. The number of rotatable bonds is 6. The van der Waals surface area contributed by atoms with E-state index in [-0.39, 0.29) is 50.3 Å². The van der Waals surface area contributed by atoms with Gasteiger partial charge in [-0.3, -0.25) is 0 Å². The molecule has 1 N–H and O–H groups in total. The third kappa shape index (κ3) is 8.58. The molecule has 4 heteroatoms. The maximum absolute atomic E-state index is 11.6. The summed E-state index contributed by atoms with van der Waals surface area (Å²) in [5.41, 5.74) is 1.27. The first kappa shape index (κ1) is 20.6. The summed E-state index contributed by atoms with van der Waals surface area (Å²) in [5, 5.41) is 2.57. The van der Waals surface area contributed by atoms with Crippen molar-refractivity contribution in [1.29, 1.82) is 0 Å². The molecule has 0 unspecified atom stereocenters. The van der Waals surface area contributed by atoms with Gasteiger partial charge in [-0.05, 0) is 30.2 Å². The predicted molar refractivity (Wildman–Crippen MR) is 82.2 cm³/mol. The molecule has 1 amide bonds. The van der Waals surface area contributed by atoms with Gasteiger partial charge < -0.3 is 10.1 Å². The van der Waals surface area contributed by atoms with Crippen molar-refractivity contribution in [2.24, 2.45) is 5.41 Å². The zero-order valence-corrected chi connectivity index (χ0v) is 16.4. The number of benzene rings is 1. The van der Waals surface area contributed by atoms with Crippen LogP contribution in [0.1, 0.15) is 46.1 Å². The van der Waals surface area contributed by atoms with Crippen molar-refractivity contribution in [2.45, 2.75) is 53.1 Å². The van der Waals surface area contributed by atoms with Gasteiger partial charge in [0.2, 0.25) is 0 Å². The van der Waals surface area contributed by atoms with Gasteiger partial charge in [0.1, 0.15) is 6.10 Å². The second kappa shape index (κ2) is 10.3. The topological polar surface area (TPSA) is 38.3 Å². The van der Waals surface area contributed by atoms with Gasteiger partial charge in [0, 0.05) is 32.7 Å². The minimum absolute atomic E-state index is 0. The molecule has 0 aliphatic rings. The van der Waals surface area contributed by atoms with Gasteiger partial charge in [0.25, 0.3) is 0 Å². The minimum atomic E-state index is -0.368. The fourth-order valence-corrected chi connectivity index (χ4v) is 2.09. The third-order valence-corrected chi connectivity index (χ3v) is 3.25. The number of aryl methyl sites for hydroxylation is 1. The Labute approximate surface area is 154 Å². The second-order valence-electron chi connectivity index (χ2n) is 6.07. The molecule has 0 aliphatic carbocycles. The van der Waals surface area contributed by atoms with Gasteiger partial charge >= 0.3 is 6.09 Å². The largest absolute Gasteiger partial charge is 0.471 e. The summed E-state index contributed by atoms with van der Waals surface area (Å²) < 4.78 is 5.51. The van der Waals surface area contributed by atoms with Crippen LogP contribution in [-0.4, -0.2) is 12.2 Å². The fraction of sp³-hybridized carbons (Fsp3) is 0.529. The molecule has 0 bridgehead atoms. The van der Waals surface area contributed by atoms with Gasteiger partial charge in [-0.2, -0.15) is 6.92 Å². The van der Waals surface area contributed by atoms with Crippen LogP contribution in [0.25, 0.3) is 0 Å². The standard InChI is InChI=1S/C17H26NO2.Y/c1-5-18-16(19)20-15(17(2,3)4)13-9-12-14-10-7-6-8-11-14;/h5-8,10-11,15H,9,12-13H2,1-4H3,(H,18,19);/q-1;/t15-;/m1./s1. The Morgan fingerprint density at radius 1 is 1.29 bits per heavy atom. The van der Waals surface area contributed by atoms with Crippen molar-refractivity contribution >= 4 is 6.09 Å². The van der Waals surface area contributed by atoms with E-state index in [9.17, 15) is 4.79 Å². The molecule has 0 aromatic heterocycles. The van der Waals surface area contributed by atoms with E-state index in [0.29, 0.717) is 0 Å². The normalized spacial score (nSPS) is 12.2. The molecule has 0 spiro atoms. The molecule has 1 aromatic rings. The van der Waals surface area contributed by atoms with Crippen molar-refractivity contribution in [2.75, 3.05) is 0 Å². The Morgan fingerprint density at radius 2 is 1.90 bits per heavy atom. The van der Waals surface area contributed by atoms with Crippen LogP contribution in [0.15, 0.2) is 30.3 Å². The monoisotopic (exact) mass is 365 g/mol. The zero-order valence-electron chi connectivity index (χ0n) is 13.6. The van der Waals surface area contributed by atoms with E-state index in [0.717, 1.165) is 19.3 Å². The first-order valence-corrected chi connectivity index (χ1v) is 7.22. The summed E-state index contributed by atoms with van der Waals surface area (Å²) >= 11 is 0. The molecule has 0 fully saturated rings. The first-order valence-electron chi connectivity index (χ1n) is 7.22. The molecule has 0 heterocycles. The smallest absolute Gasteiger partial charge is 0.377 e. The van der Waals surface area contributed by atoms with Gasteiger partial charge in [-0.15, -0.1) is 0 Å². The molecule has 1 rings (SSSR count). The first-order chi connectivity index (χ1) is 9.43. The summed E-state index contributed by atoms with van der Waals surface area (Å²) in [5.74, 6) is 0. The van der Waals surface area contributed by atoms with Crippen LogP contribution in [0.5, 0.6) is 0 Å². The number of hydrogen-bond acceptors (Lipinski definition) is 2. The summed E-state index contributed by atoms with van der Waals surface area (Å²) in [6.45, 7) is 9.66. The third-order valence-electron chi connectivity index (χ3n) is 3.25. The summed E-state index contributed by atoms with van der Waals surface area (Å²) in [7, 11) is 0. The quantitative estimate of drug-likeness (QED) is 0.762. The van der Waals surface area contributed by atoms with Crippen LogP contribution in [0.2, 0.25) is 0 Å². The van der Waals surface area contributed by atoms with Crippen molar-refractivity contribution in [3.63, 3.8) is 0 Å². The van der Waals surface area contributed by atoms with E-state index < -0.39 is 0 Å². The molecule has 3 nitrogen and oxygen atoms in total.